The maximum atomic E-state index is 13.9. The molecule has 166 valence electrons. The molecule has 0 bridgehead atoms. The van der Waals surface area contributed by atoms with Crippen LogP contribution in [-0.2, 0) is 10.2 Å². The van der Waals surface area contributed by atoms with Crippen LogP contribution in [0.3, 0.4) is 0 Å². The molecule has 0 radical (unpaired) electrons. The number of benzene rings is 2. The molecule has 1 atom stereocenters. The van der Waals surface area contributed by atoms with Crippen molar-refractivity contribution in [2.45, 2.75) is 39.2 Å². The summed E-state index contributed by atoms with van der Waals surface area (Å²) in [5.41, 5.74) is 7.59. The van der Waals surface area contributed by atoms with Crippen molar-refractivity contribution in [2.24, 2.45) is 11.7 Å². The number of amides is 2. The van der Waals surface area contributed by atoms with Gasteiger partial charge in [0.1, 0.15) is 0 Å². The third-order valence-corrected chi connectivity index (χ3v) is 6.23. The van der Waals surface area contributed by atoms with Gasteiger partial charge in [0, 0.05) is 34.1 Å². The first-order valence-corrected chi connectivity index (χ1v) is 10.4. The summed E-state index contributed by atoms with van der Waals surface area (Å²) in [4.78, 5) is 30.8. The molecular formula is C25H25F2N3O2. The number of aromatic amines is 1. The molecule has 0 aliphatic carbocycles. The van der Waals surface area contributed by atoms with E-state index in [1.165, 1.54) is 17.2 Å². The quantitative estimate of drug-likeness (QED) is 0.621. The predicted molar refractivity (Wildman–Crippen MR) is 120 cm³/mol. The molecule has 5 nitrogen and oxygen atoms in total. The zero-order chi connectivity index (χ0) is 23.4. The van der Waals surface area contributed by atoms with E-state index >= 15 is 0 Å². The Hall–Kier alpha value is -3.48. The summed E-state index contributed by atoms with van der Waals surface area (Å²) < 4.78 is 27.4. The molecule has 2 aromatic carbocycles. The summed E-state index contributed by atoms with van der Waals surface area (Å²) in [5.74, 6) is -3.41. The van der Waals surface area contributed by atoms with Crippen molar-refractivity contribution in [1.82, 2.24) is 9.88 Å². The Bertz CT molecular complexity index is 1270. The second-order valence-electron chi connectivity index (χ2n) is 9.08. The van der Waals surface area contributed by atoms with Crippen LogP contribution < -0.4 is 5.73 Å². The average Bonchev–Trinajstić information content (AvgIpc) is 3.07. The summed E-state index contributed by atoms with van der Waals surface area (Å²) in [5, 5.41) is 0.937. The second-order valence-corrected chi connectivity index (χ2v) is 9.08. The van der Waals surface area contributed by atoms with Gasteiger partial charge in [0.15, 0.2) is 11.6 Å². The Balaban J connectivity index is 2.00. The second kappa shape index (κ2) is 7.58. The lowest BCUT2D eigenvalue weighted by molar-refractivity contribution is -0.112. The molecule has 32 heavy (non-hydrogen) atoms. The SMILES string of the molecule is CC(C)C1N(C(=O)c2ccc(F)c(F)c2)C=C(C(N)=O)c2[nH]c3ccccc3c2C1(C)C. The van der Waals surface area contributed by atoms with Crippen LogP contribution >= 0.6 is 0 Å². The van der Waals surface area contributed by atoms with Crippen LogP contribution in [0.15, 0.2) is 48.7 Å². The van der Waals surface area contributed by atoms with Crippen molar-refractivity contribution in [3.63, 3.8) is 0 Å². The van der Waals surface area contributed by atoms with E-state index in [0.717, 1.165) is 28.6 Å². The van der Waals surface area contributed by atoms with Gasteiger partial charge in [-0.2, -0.15) is 0 Å². The summed E-state index contributed by atoms with van der Waals surface area (Å²) in [6, 6.07) is 10.3. The Morgan fingerprint density at radius 1 is 1.09 bits per heavy atom. The standard InChI is InChI=1S/C25H25F2N3O2/c1-13(2)22-25(3,4)20-15-7-5-6-8-19(15)29-21(20)16(23(28)31)12-30(22)24(32)14-9-10-17(26)18(27)11-14/h5-13,22,29H,1-4H3,(H2,28,31). The summed E-state index contributed by atoms with van der Waals surface area (Å²) in [6.07, 6.45) is 1.44. The first-order valence-electron chi connectivity index (χ1n) is 10.4. The van der Waals surface area contributed by atoms with Crippen LogP contribution in [0, 0.1) is 17.6 Å². The molecular weight excluding hydrogens is 412 g/mol. The minimum absolute atomic E-state index is 0.0131. The molecule has 3 aromatic rings. The highest BCUT2D eigenvalue weighted by Gasteiger charge is 2.45. The molecule has 2 heterocycles. The topological polar surface area (TPSA) is 79.2 Å². The lowest BCUT2D eigenvalue weighted by Crippen LogP contribution is -2.50. The summed E-state index contributed by atoms with van der Waals surface area (Å²) >= 11 is 0. The zero-order valence-corrected chi connectivity index (χ0v) is 18.4. The van der Waals surface area contributed by atoms with Gasteiger partial charge in [0.05, 0.1) is 11.3 Å². The fourth-order valence-electron chi connectivity index (χ4n) is 5.10. The van der Waals surface area contributed by atoms with E-state index in [1.807, 2.05) is 52.0 Å². The highest BCUT2D eigenvalue weighted by molar-refractivity contribution is 6.20. The molecule has 0 fully saturated rings. The Kier molecular flexibility index (Phi) is 5.15. The number of aromatic nitrogens is 1. The molecule has 7 heteroatoms. The van der Waals surface area contributed by atoms with Crippen molar-refractivity contribution in [3.05, 3.63) is 77.1 Å². The smallest absolute Gasteiger partial charge is 0.258 e. The van der Waals surface area contributed by atoms with Gasteiger partial charge in [-0.25, -0.2) is 8.78 Å². The lowest BCUT2D eigenvalue weighted by Gasteiger charge is -2.42. The van der Waals surface area contributed by atoms with Gasteiger partial charge in [0.25, 0.3) is 11.8 Å². The molecule has 2 amide bonds. The third kappa shape index (κ3) is 3.28. The van der Waals surface area contributed by atoms with Crippen LogP contribution in [0.25, 0.3) is 16.5 Å². The van der Waals surface area contributed by atoms with E-state index in [0.29, 0.717) is 5.69 Å². The van der Waals surface area contributed by atoms with Crippen molar-refractivity contribution in [1.29, 1.82) is 0 Å². The van der Waals surface area contributed by atoms with Gasteiger partial charge in [-0.15, -0.1) is 0 Å². The number of nitrogens with one attached hydrogen (secondary N) is 1. The van der Waals surface area contributed by atoms with E-state index in [4.69, 9.17) is 5.73 Å². The number of carbonyl (C=O) groups is 2. The van der Waals surface area contributed by atoms with Crippen LogP contribution in [-0.4, -0.2) is 27.7 Å². The van der Waals surface area contributed by atoms with Gasteiger partial charge >= 0.3 is 0 Å². The molecule has 4 rings (SSSR count). The Morgan fingerprint density at radius 2 is 1.78 bits per heavy atom. The molecule has 1 aliphatic heterocycles. The maximum Gasteiger partial charge on any atom is 0.258 e. The normalized spacial score (nSPS) is 17.8. The van der Waals surface area contributed by atoms with E-state index < -0.39 is 34.9 Å². The molecule has 0 spiro atoms. The van der Waals surface area contributed by atoms with Crippen LogP contribution in [0.1, 0.15) is 49.3 Å². The number of H-pyrrole nitrogens is 1. The number of para-hydroxylation sites is 1. The van der Waals surface area contributed by atoms with Crippen LogP contribution in [0.2, 0.25) is 0 Å². The summed E-state index contributed by atoms with van der Waals surface area (Å²) in [6.45, 7) is 7.99. The summed E-state index contributed by atoms with van der Waals surface area (Å²) in [7, 11) is 0. The largest absolute Gasteiger partial charge is 0.365 e. The van der Waals surface area contributed by atoms with E-state index in [2.05, 4.69) is 4.98 Å². The first-order chi connectivity index (χ1) is 15.0. The minimum atomic E-state index is -1.11. The van der Waals surface area contributed by atoms with Gasteiger partial charge in [-0.3, -0.25) is 9.59 Å². The number of nitrogens with zero attached hydrogens (tertiary/aromatic N) is 1. The van der Waals surface area contributed by atoms with Gasteiger partial charge in [-0.05, 0) is 35.7 Å². The number of primary amides is 1. The van der Waals surface area contributed by atoms with Crippen LogP contribution in [0.5, 0.6) is 0 Å². The number of hydrogen-bond donors (Lipinski definition) is 2. The van der Waals surface area contributed by atoms with E-state index in [1.54, 1.807) is 0 Å². The fraction of sp³-hybridized carbons (Fsp3) is 0.280. The van der Waals surface area contributed by atoms with Crippen molar-refractivity contribution in [3.8, 4) is 0 Å². The van der Waals surface area contributed by atoms with Crippen molar-refractivity contribution in [2.75, 3.05) is 0 Å². The van der Waals surface area contributed by atoms with Gasteiger partial charge in [-0.1, -0.05) is 45.9 Å². The molecule has 3 N–H and O–H groups in total. The molecule has 0 saturated heterocycles. The monoisotopic (exact) mass is 437 g/mol. The van der Waals surface area contributed by atoms with E-state index in [9.17, 15) is 18.4 Å². The minimum Gasteiger partial charge on any atom is -0.365 e. The molecule has 1 aromatic heterocycles. The number of carbonyl (C=O) groups excluding carboxylic acids is 2. The molecule has 0 saturated carbocycles. The number of halogens is 2. The number of fused-ring (bicyclic) bond motifs is 3. The molecule has 1 unspecified atom stereocenters. The zero-order valence-electron chi connectivity index (χ0n) is 18.4. The highest BCUT2D eigenvalue weighted by Crippen LogP contribution is 2.45. The number of rotatable bonds is 3. The maximum absolute atomic E-state index is 13.9. The Morgan fingerprint density at radius 3 is 2.41 bits per heavy atom. The third-order valence-electron chi connectivity index (χ3n) is 6.23. The highest BCUT2D eigenvalue weighted by atomic mass is 19.2. The van der Waals surface area contributed by atoms with Gasteiger partial charge in [0.2, 0.25) is 0 Å². The average molecular weight is 437 g/mol. The predicted octanol–water partition coefficient (Wildman–Crippen LogP) is 4.73. The van der Waals surface area contributed by atoms with Crippen LogP contribution in [0.4, 0.5) is 8.78 Å². The van der Waals surface area contributed by atoms with Crippen molar-refractivity contribution < 1.29 is 18.4 Å². The fourth-order valence-corrected chi connectivity index (χ4v) is 5.10. The molecule has 1 aliphatic rings. The Labute approximate surface area is 184 Å². The first kappa shape index (κ1) is 21.7. The van der Waals surface area contributed by atoms with Gasteiger partial charge < -0.3 is 15.6 Å². The van der Waals surface area contributed by atoms with E-state index in [-0.39, 0.29) is 17.1 Å². The van der Waals surface area contributed by atoms with Crippen molar-refractivity contribution >= 4 is 28.3 Å². The lowest BCUT2D eigenvalue weighted by atomic mass is 9.71. The number of nitrogens with two attached hydrogens (primary N) is 1. The number of hydrogen-bond acceptors (Lipinski definition) is 2.